The molecule has 0 atom stereocenters. The number of anilines is 1. The molecule has 7 heteroatoms. The van der Waals surface area contributed by atoms with Crippen molar-refractivity contribution >= 4 is 72.4 Å². The van der Waals surface area contributed by atoms with E-state index in [0.717, 1.165) is 4.47 Å². The van der Waals surface area contributed by atoms with Crippen molar-refractivity contribution in [1.29, 1.82) is 0 Å². The highest BCUT2D eigenvalue weighted by Crippen LogP contribution is 2.25. The maximum Gasteiger partial charge on any atom is 0.258 e. The lowest BCUT2D eigenvalue weighted by atomic mass is 10.2. The summed E-state index contributed by atoms with van der Waals surface area (Å²) < 4.78 is 1.50. The Morgan fingerprint density at radius 3 is 2.48 bits per heavy atom. The molecule has 0 aliphatic heterocycles. The van der Waals surface area contributed by atoms with Crippen LogP contribution in [0.25, 0.3) is 0 Å². The molecule has 108 valence electrons. The summed E-state index contributed by atoms with van der Waals surface area (Å²) in [6, 6.07) is 12.4. The highest BCUT2D eigenvalue weighted by molar-refractivity contribution is 9.10. The molecule has 0 radical (unpaired) electrons. The Bertz CT molecular complexity index is 709. The fourth-order valence-corrected chi connectivity index (χ4v) is 2.65. The van der Waals surface area contributed by atoms with E-state index in [9.17, 15) is 4.79 Å². The molecule has 0 aliphatic carbocycles. The first-order valence-corrected chi connectivity index (χ1v) is 8.16. The van der Waals surface area contributed by atoms with Crippen molar-refractivity contribution in [2.24, 2.45) is 0 Å². The van der Waals surface area contributed by atoms with Gasteiger partial charge in [-0.2, -0.15) is 0 Å². The Balaban J connectivity index is 2.03. The van der Waals surface area contributed by atoms with Crippen molar-refractivity contribution in [2.45, 2.75) is 0 Å². The Hall–Kier alpha value is -0.950. The number of rotatable bonds is 2. The van der Waals surface area contributed by atoms with E-state index < -0.39 is 0 Å². The van der Waals surface area contributed by atoms with Crippen molar-refractivity contribution in [3.63, 3.8) is 0 Å². The minimum Gasteiger partial charge on any atom is -0.332 e. The molecule has 0 heterocycles. The molecule has 3 nitrogen and oxygen atoms in total. The first kappa shape index (κ1) is 16.4. The van der Waals surface area contributed by atoms with Crippen LogP contribution in [-0.2, 0) is 0 Å². The molecule has 0 fully saturated rings. The van der Waals surface area contributed by atoms with Crippen LogP contribution >= 0.6 is 55.7 Å². The van der Waals surface area contributed by atoms with Gasteiger partial charge in [-0.25, -0.2) is 0 Å². The van der Waals surface area contributed by atoms with Crippen LogP contribution in [0.5, 0.6) is 0 Å². The van der Waals surface area contributed by atoms with Crippen LogP contribution in [0.15, 0.2) is 51.4 Å². The fourth-order valence-electron chi connectivity index (χ4n) is 1.55. The summed E-state index contributed by atoms with van der Waals surface area (Å²) >= 11 is 17.7. The lowest BCUT2D eigenvalue weighted by Crippen LogP contribution is -2.34. The van der Waals surface area contributed by atoms with E-state index in [1.54, 1.807) is 36.4 Å². The third kappa shape index (κ3) is 4.51. The van der Waals surface area contributed by atoms with Gasteiger partial charge in [0, 0.05) is 14.6 Å². The quantitative estimate of drug-likeness (QED) is 0.636. The average molecular weight is 449 g/mol. The summed E-state index contributed by atoms with van der Waals surface area (Å²) in [6.45, 7) is 0. The van der Waals surface area contributed by atoms with Crippen molar-refractivity contribution in [1.82, 2.24) is 5.32 Å². The summed E-state index contributed by atoms with van der Waals surface area (Å²) in [5.74, 6) is -0.289. The van der Waals surface area contributed by atoms with Gasteiger partial charge in [-0.05, 0) is 74.4 Å². The van der Waals surface area contributed by atoms with Crippen LogP contribution in [0.3, 0.4) is 0 Å². The number of thiocarbonyl (C=S) groups is 1. The van der Waals surface area contributed by atoms with Gasteiger partial charge in [-0.15, -0.1) is 0 Å². The monoisotopic (exact) mass is 446 g/mol. The van der Waals surface area contributed by atoms with Gasteiger partial charge in [0.15, 0.2) is 5.11 Å². The molecule has 0 saturated carbocycles. The number of amides is 1. The van der Waals surface area contributed by atoms with Gasteiger partial charge in [-0.1, -0.05) is 23.7 Å². The van der Waals surface area contributed by atoms with E-state index >= 15 is 0 Å². The van der Waals surface area contributed by atoms with Crippen molar-refractivity contribution in [2.75, 3.05) is 5.32 Å². The second-order valence-electron chi connectivity index (χ2n) is 4.02. The maximum absolute atomic E-state index is 12.1. The van der Waals surface area contributed by atoms with Crippen LogP contribution in [0.1, 0.15) is 10.4 Å². The zero-order chi connectivity index (χ0) is 15.4. The van der Waals surface area contributed by atoms with Gasteiger partial charge in [0.25, 0.3) is 5.91 Å². The van der Waals surface area contributed by atoms with Gasteiger partial charge in [0.2, 0.25) is 0 Å². The Morgan fingerprint density at radius 2 is 1.81 bits per heavy atom. The predicted molar refractivity (Wildman–Crippen MR) is 97.0 cm³/mol. The van der Waals surface area contributed by atoms with E-state index in [4.69, 9.17) is 23.8 Å². The summed E-state index contributed by atoms with van der Waals surface area (Å²) in [4.78, 5) is 12.1. The summed E-state index contributed by atoms with van der Waals surface area (Å²) in [6.07, 6.45) is 0. The summed E-state index contributed by atoms with van der Waals surface area (Å²) in [7, 11) is 0. The van der Waals surface area contributed by atoms with Gasteiger partial charge < -0.3 is 5.32 Å². The first-order chi connectivity index (χ1) is 9.97. The smallest absolute Gasteiger partial charge is 0.258 e. The number of benzene rings is 2. The average Bonchev–Trinajstić information content (AvgIpc) is 2.43. The molecule has 1 amide bonds. The van der Waals surface area contributed by atoms with Crippen LogP contribution < -0.4 is 10.6 Å². The van der Waals surface area contributed by atoms with Crippen molar-refractivity contribution in [3.8, 4) is 0 Å². The third-order valence-electron chi connectivity index (χ3n) is 2.52. The number of hydrogen-bond donors (Lipinski definition) is 2. The Labute approximate surface area is 149 Å². The van der Waals surface area contributed by atoms with Gasteiger partial charge >= 0.3 is 0 Å². The highest BCUT2D eigenvalue weighted by atomic mass is 79.9. The second kappa shape index (κ2) is 7.35. The van der Waals surface area contributed by atoms with Gasteiger partial charge in [0.1, 0.15) is 0 Å². The van der Waals surface area contributed by atoms with Crippen molar-refractivity contribution < 1.29 is 4.79 Å². The third-order valence-corrected chi connectivity index (χ3v) is 4.65. The summed E-state index contributed by atoms with van der Waals surface area (Å²) in [5, 5.41) is 6.28. The fraction of sp³-hybridized carbons (Fsp3) is 0. The molecule has 21 heavy (non-hydrogen) atoms. The van der Waals surface area contributed by atoms with E-state index in [1.165, 1.54) is 0 Å². The molecule has 0 spiro atoms. The molecule has 2 aromatic carbocycles. The lowest BCUT2D eigenvalue weighted by molar-refractivity contribution is 0.0977. The van der Waals surface area contributed by atoms with E-state index in [2.05, 4.69) is 42.5 Å². The SMILES string of the molecule is O=C(NC(=S)Nc1ccc(Br)c(Cl)c1)c1ccccc1Br. The van der Waals surface area contributed by atoms with E-state index in [1.807, 2.05) is 6.07 Å². The molecule has 0 saturated heterocycles. The van der Waals surface area contributed by atoms with Crippen LogP contribution in [0.4, 0.5) is 5.69 Å². The maximum atomic E-state index is 12.1. The zero-order valence-corrected chi connectivity index (χ0v) is 15.2. The molecular weight excluding hydrogens is 439 g/mol. The molecule has 0 aliphatic rings. The van der Waals surface area contributed by atoms with Crippen LogP contribution in [-0.4, -0.2) is 11.0 Å². The number of nitrogens with one attached hydrogen (secondary N) is 2. The van der Waals surface area contributed by atoms with Crippen LogP contribution in [0.2, 0.25) is 5.02 Å². The normalized spacial score (nSPS) is 10.0. The largest absolute Gasteiger partial charge is 0.332 e. The predicted octanol–water partition coefficient (Wildman–Crippen LogP) is 4.99. The van der Waals surface area contributed by atoms with Crippen LogP contribution in [0, 0.1) is 0 Å². The van der Waals surface area contributed by atoms with E-state index in [-0.39, 0.29) is 11.0 Å². The molecule has 0 bridgehead atoms. The van der Waals surface area contributed by atoms with Crippen molar-refractivity contribution in [3.05, 3.63) is 62.0 Å². The Kier molecular flexibility index (Phi) is 5.75. The minimum atomic E-state index is -0.289. The topological polar surface area (TPSA) is 41.1 Å². The Morgan fingerprint density at radius 1 is 1.10 bits per heavy atom. The number of carbonyl (C=O) groups is 1. The highest BCUT2D eigenvalue weighted by Gasteiger charge is 2.11. The molecule has 2 aromatic rings. The van der Waals surface area contributed by atoms with Gasteiger partial charge in [-0.3, -0.25) is 10.1 Å². The molecule has 0 unspecified atom stereocenters. The molecular formula is C14H9Br2ClN2OS. The zero-order valence-electron chi connectivity index (χ0n) is 10.5. The molecule has 0 aromatic heterocycles. The summed E-state index contributed by atoms with van der Waals surface area (Å²) in [5.41, 5.74) is 1.20. The second-order valence-corrected chi connectivity index (χ2v) is 6.54. The van der Waals surface area contributed by atoms with E-state index in [0.29, 0.717) is 20.7 Å². The number of halogens is 3. The molecule has 2 N–H and O–H groups in total. The number of carbonyl (C=O) groups excluding carboxylic acids is 1. The molecule has 2 rings (SSSR count). The lowest BCUT2D eigenvalue weighted by Gasteiger charge is -2.11. The van der Waals surface area contributed by atoms with Gasteiger partial charge in [0.05, 0.1) is 10.6 Å². The number of hydrogen-bond acceptors (Lipinski definition) is 2. The standard InChI is InChI=1S/C14H9Br2ClN2OS/c15-10-4-2-1-3-9(10)13(20)19-14(21)18-8-5-6-11(16)12(17)7-8/h1-7H,(H2,18,19,20,21). The first-order valence-electron chi connectivity index (χ1n) is 5.79. The minimum absolute atomic E-state index is 0.203.